The van der Waals surface area contributed by atoms with E-state index in [0.29, 0.717) is 4.47 Å². The maximum Gasteiger partial charge on any atom is 0.337 e. The first-order valence-corrected chi connectivity index (χ1v) is 9.54. The van der Waals surface area contributed by atoms with E-state index in [0.717, 1.165) is 18.2 Å². The van der Waals surface area contributed by atoms with Crippen molar-refractivity contribution < 1.29 is 28.2 Å². The number of phenolic OH excluding ortho intramolecular Hbond substituents is 1. The number of aromatic carboxylic acids is 1. The first-order chi connectivity index (χ1) is 12.6. The number of carbonyl (C=O) groups is 2. The van der Waals surface area contributed by atoms with Crippen LogP contribution < -0.4 is 10.0 Å². The fourth-order valence-corrected chi connectivity index (χ4v) is 3.23. The molecule has 0 spiro atoms. The number of anilines is 1. The molecule has 9 nitrogen and oxygen atoms in total. The van der Waals surface area contributed by atoms with Gasteiger partial charge in [0, 0.05) is 10.0 Å². The van der Waals surface area contributed by atoms with Crippen molar-refractivity contribution in [1.29, 1.82) is 5.41 Å². The summed E-state index contributed by atoms with van der Waals surface area (Å²) in [6.45, 7) is 0. The second-order valence-electron chi connectivity index (χ2n) is 5.21. The van der Waals surface area contributed by atoms with E-state index in [2.05, 4.69) is 26.0 Å². The zero-order chi connectivity index (χ0) is 20.4. The van der Waals surface area contributed by atoms with Crippen molar-refractivity contribution in [2.75, 3.05) is 12.4 Å². The van der Waals surface area contributed by atoms with Gasteiger partial charge in [0.15, 0.2) is 0 Å². The predicted octanol–water partition coefficient (Wildman–Crippen LogP) is 1.77. The lowest BCUT2D eigenvalue weighted by Gasteiger charge is -2.12. The Morgan fingerprint density at radius 1 is 1.11 bits per heavy atom. The molecule has 2 rings (SSSR count). The van der Waals surface area contributed by atoms with Crippen LogP contribution in [0.4, 0.5) is 5.69 Å². The van der Waals surface area contributed by atoms with E-state index in [9.17, 15) is 28.2 Å². The first kappa shape index (κ1) is 20.6. The van der Waals surface area contributed by atoms with Gasteiger partial charge in [-0.1, -0.05) is 15.9 Å². The molecule has 1 amide bonds. The van der Waals surface area contributed by atoms with Crippen LogP contribution in [0.25, 0.3) is 0 Å². The standard InChI is InChI=1S/C16H14BrN3O6S/c1-19-27(25,26)9-3-5-13(21)11(7-9)14(18)15(22)20-12-4-2-8(17)6-10(12)16(23)24/h2-7,18-19,21H,1H3,(H,20,22)(H,23,24). The minimum Gasteiger partial charge on any atom is -0.507 e. The van der Waals surface area contributed by atoms with Gasteiger partial charge in [-0.05, 0) is 43.4 Å². The van der Waals surface area contributed by atoms with Crippen LogP contribution in [0.15, 0.2) is 45.8 Å². The Kier molecular flexibility index (Phi) is 5.98. The van der Waals surface area contributed by atoms with E-state index >= 15 is 0 Å². The number of nitrogens with one attached hydrogen (secondary N) is 3. The van der Waals surface area contributed by atoms with Gasteiger partial charge in [-0.3, -0.25) is 10.2 Å². The average molecular weight is 456 g/mol. The molecule has 0 aliphatic heterocycles. The zero-order valence-electron chi connectivity index (χ0n) is 13.8. The minimum atomic E-state index is -3.85. The van der Waals surface area contributed by atoms with Crippen LogP contribution in [0.2, 0.25) is 0 Å². The third-order valence-corrected chi connectivity index (χ3v) is 5.41. The molecule has 2 aromatic carbocycles. The Morgan fingerprint density at radius 2 is 1.78 bits per heavy atom. The summed E-state index contributed by atoms with van der Waals surface area (Å²) in [7, 11) is -2.66. The molecule has 0 saturated carbocycles. The van der Waals surface area contributed by atoms with Gasteiger partial charge in [0.05, 0.1) is 16.1 Å². The number of halogens is 1. The Bertz CT molecular complexity index is 1050. The number of rotatable bonds is 6. The van der Waals surface area contributed by atoms with Crippen molar-refractivity contribution >= 4 is 49.2 Å². The van der Waals surface area contributed by atoms with Gasteiger partial charge >= 0.3 is 5.97 Å². The third-order valence-electron chi connectivity index (χ3n) is 3.50. The number of carbonyl (C=O) groups excluding carboxylic acids is 1. The lowest BCUT2D eigenvalue weighted by atomic mass is 10.1. The number of benzene rings is 2. The van der Waals surface area contributed by atoms with Crippen LogP contribution in [0.3, 0.4) is 0 Å². The van der Waals surface area contributed by atoms with E-state index < -0.39 is 33.4 Å². The topological polar surface area (TPSA) is 157 Å². The number of carboxylic acids is 1. The number of carboxylic acid groups (broad SMARTS) is 1. The summed E-state index contributed by atoms with van der Waals surface area (Å²) in [5.74, 6) is -2.78. The number of hydrogen-bond donors (Lipinski definition) is 5. The van der Waals surface area contributed by atoms with Gasteiger partial charge in [-0.15, -0.1) is 0 Å². The molecule has 0 unspecified atom stereocenters. The van der Waals surface area contributed by atoms with E-state index in [1.807, 2.05) is 0 Å². The lowest BCUT2D eigenvalue weighted by molar-refractivity contribution is -0.110. The fourth-order valence-electron chi connectivity index (χ4n) is 2.11. The molecule has 0 radical (unpaired) electrons. The first-order valence-electron chi connectivity index (χ1n) is 7.26. The van der Waals surface area contributed by atoms with Crippen LogP contribution >= 0.6 is 15.9 Å². The number of sulfonamides is 1. The SMILES string of the molecule is CNS(=O)(=O)c1ccc(O)c(C(=N)C(=O)Nc2ccc(Br)cc2C(=O)O)c1. The fraction of sp³-hybridized carbons (Fsp3) is 0.0625. The molecule has 0 aliphatic carbocycles. The van der Waals surface area contributed by atoms with Crippen molar-refractivity contribution in [3.63, 3.8) is 0 Å². The quantitative estimate of drug-likeness (QED) is 0.417. The summed E-state index contributed by atoms with van der Waals surface area (Å²) in [6.07, 6.45) is 0. The predicted molar refractivity (Wildman–Crippen MR) is 101 cm³/mol. The Morgan fingerprint density at radius 3 is 2.37 bits per heavy atom. The highest BCUT2D eigenvalue weighted by atomic mass is 79.9. The molecule has 27 heavy (non-hydrogen) atoms. The molecule has 0 atom stereocenters. The summed E-state index contributed by atoms with van der Waals surface area (Å²) < 4.78 is 26.3. The molecule has 0 fully saturated rings. The van der Waals surface area contributed by atoms with Crippen LogP contribution in [0, 0.1) is 5.41 Å². The molecule has 0 saturated heterocycles. The third kappa shape index (κ3) is 4.51. The summed E-state index contributed by atoms with van der Waals surface area (Å²) in [5, 5.41) is 29.4. The molecule has 11 heteroatoms. The molecule has 2 aromatic rings. The Labute approximate surface area is 162 Å². The van der Waals surface area contributed by atoms with Gasteiger partial charge < -0.3 is 15.5 Å². The number of aromatic hydroxyl groups is 1. The van der Waals surface area contributed by atoms with Crippen molar-refractivity contribution in [2.45, 2.75) is 4.90 Å². The molecule has 0 aliphatic rings. The minimum absolute atomic E-state index is 0.0565. The van der Waals surface area contributed by atoms with Gasteiger partial charge in [0.1, 0.15) is 11.5 Å². The van der Waals surface area contributed by atoms with Gasteiger partial charge in [0.25, 0.3) is 5.91 Å². The van der Waals surface area contributed by atoms with Crippen LogP contribution in [0.1, 0.15) is 15.9 Å². The molecular weight excluding hydrogens is 442 g/mol. The van der Waals surface area contributed by atoms with Crippen molar-refractivity contribution in [3.05, 3.63) is 52.0 Å². The monoisotopic (exact) mass is 455 g/mol. The highest BCUT2D eigenvalue weighted by Crippen LogP contribution is 2.24. The Balaban J connectivity index is 2.38. The molecule has 0 bridgehead atoms. The average Bonchev–Trinajstić information content (AvgIpc) is 2.62. The molecular formula is C16H14BrN3O6S. The van der Waals surface area contributed by atoms with E-state index in [-0.39, 0.29) is 21.7 Å². The Hall–Kier alpha value is -2.76. The number of phenols is 1. The molecule has 5 N–H and O–H groups in total. The maximum absolute atomic E-state index is 12.3. The van der Waals surface area contributed by atoms with E-state index in [1.54, 1.807) is 0 Å². The number of amides is 1. The van der Waals surface area contributed by atoms with Gasteiger partial charge in [-0.2, -0.15) is 0 Å². The summed E-state index contributed by atoms with van der Waals surface area (Å²) in [6, 6.07) is 7.25. The summed E-state index contributed by atoms with van der Waals surface area (Å²) >= 11 is 3.13. The summed E-state index contributed by atoms with van der Waals surface area (Å²) in [5.41, 5.74) is -1.32. The maximum atomic E-state index is 12.3. The lowest BCUT2D eigenvalue weighted by Crippen LogP contribution is -2.25. The van der Waals surface area contributed by atoms with Crippen LogP contribution in [-0.2, 0) is 14.8 Å². The largest absolute Gasteiger partial charge is 0.507 e. The van der Waals surface area contributed by atoms with Crippen molar-refractivity contribution in [3.8, 4) is 5.75 Å². The van der Waals surface area contributed by atoms with Gasteiger partial charge in [0.2, 0.25) is 10.0 Å². The smallest absolute Gasteiger partial charge is 0.337 e. The second-order valence-corrected chi connectivity index (χ2v) is 8.01. The van der Waals surface area contributed by atoms with E-state index in [1.165, 1.54) is 25.2 Å². The number of hydrogen-bond acceptors (Lipinski definition) is 6. The highest BCUT2D eigenvalue weighted by Gasteiger charge is 2.21. The van der Waals surface area contributed by atoms with Gasteiger partial charge in [-0.25, -0.2) is 17.9 Å². The molecule has 142 valence electrons. The molecule has 0 heterocycles. The van der Waals surface area contributed by atoms with Crippen LogP contribution in [-0.4, -0.2) is 43.3 Å². The van der Waals surface area contributed by atoms with Crippen molar-refractivity contribution in [1.82, 2.24) is 4.72 Å². The molecule has 0 aromatic heterocycles. The summed E-state index contributed by atoms with van der Waals surface area (Å²) in [4.78, 5) is 23.4. The second kappa shape index (κ2) is 7.86. The van der Waals surface area contributed by atoms with E-state index in [4.69, 9.17) is 5.41 Å². The highest BCUT2D eigenvalue weighted by molar-refractivity contribution is 9.10. The van der Waals surface area contributed by atoms with Crippen LogP contribution in [0.5, 0.6) is 5.75 Å². The normalized spacial score (nSPS) is 11.0. The van der Waals surface area contributed by atoms with Crippen molar-refractivity contribution in [2.24, 2.45) is 0 Å². The zero-order valence-corrected chi connectivity index (χ0v) is 16.2.